The van der Waals surface area contributed by atoms with Gasteiger partial charge in [0, 0.05) is 42.1 Å². The van der Waals surface area contributed by atoms with Crippen LogP contribution in [0.25, 0.3) is 0 Å². The number of piperazine rings is 1. The molecule has 0 radical (unpaired) electrons. The molecule has 10 heteroatoms. The monoisotopic (exact) mass is 1650 g/mol. The smallest absolute Gasteiger partial charge is 0.243 e. The third-order valence-corrected chi connectivity index (χ3v) is 15.7. The average Bonchev–Trinajstić information content (AvgIpc) is 0.898. The van der Waals surface area contributed by atoms with Crippen molar-refractivity contribution in [3.8, 4) is 0 Å². The fourth-order valence-electron chi connectivity index (χ4n) is 9.84. The van der Waals surface area contributed by atoms with Crippen molar-refractivity contribution in [2.75, 3.05) is 0 Å². The van der Waals surface area contributed by atoms with Gasteiger partial charge in [-0.3, -0.25) is 9.59 Å². The minimum absolute atomic E-state index is 0. The zero-order valence-corrected chi connectivity index (χ0v) is 67.6. The van der Waals surface area contributed by atoms with Crippen molar-refractivity contribution in [2.24, 2.45) is 0 Å². The first-order valence-corrected chi connectivity index (χ1v) is 38.2. The van der Waals surface area contributed by atoms with Crippen LogP contribution in [0.5, 0.6) is 0 Å². The summed E-state index contributed by atoms with van der Waals surface area (Å²) in [5.41, 5.74) is 0. The molecule has 94 heavy (non-hydrogen) atoms. The molecule has 1 aliphatic rings. The van der Waals surface area contributed by atoms with Crippen LogP contribution in [0.1, 0.15) is 349 Å². The maximum atomic E-state index is 11.7. The van der Waals surface area contributed by atoms with Crippen LogP contribution in [0.4, 0.5) is 0 Å². The van der Waals surface area contributed by atoms with Gasteiger partial charge in [0.25, 0.3) is 0 Å². The number of carbonyl (C=O) groups excluding carboxylic acids is 2. The van der Waals surface area contributed by atoms with Crippen molar-refractivity contribution in [1.82, 2.24) is 10.6 Å². The van der Waals surface area contributed by atoms with E-state index in [0.717, 1.165) is 103 Å². The second-order valence-electron chi connectivity index (χ2n) is 25.4. The number of aliphatic hydroxyl groups is 4. The van der Waals surface area contributed by atoms with E-state index in [9.17, 15) is 9.59 Å². The van der Waals surface area contributed by atoms with E-state index < -0.39 is 0 Å². The summed E-state index contributed by atoms with van der Waals surface area (Å²) in [5, 5.41) is 41.6. The number of allylic oxidation sites excluding steroid dienone is 16. The zero-order chi connectivity index (χ0) is 68.7. The average molecular weight is 1650 g/mol. The first-order chi connectivity index (χ1) is 44.8. The van der Waals surface area contributed by atoms with E-state index in [1.165, 1.54) is 205 Å². The largest absolute Gasteiger partial charge is 0.425 e. The number of amides is 2. The summed E-state index contributed by atoms with van der Waals surface area (Å²) in [6.45, 7) is 30.7. The van der Waals surface area contributed by atoms with Crippen LogP contribution in [0.15, 0.2) is 97.2 Å². The van der Waals surface area contributed by atoms with E-state index in [0.29, 0.717) is 12.8 Å². The van der Waals surface area contributed by atoms with Gasteiger partial charge in [0.2, 0.25) is 11.8 Å². The molecule has 0 aliphatic carbocycles. The second kappa shape index (κ2) is 91.1. The van der Waals surface area contributed by atoms with E-state index in [-0.39, 0.29) is 90.4 Å². The molecule has 2 amide bonds. The second-order valence-corrected chi connectivity index (χ2v) is 25.4. The number of rotatable bonds is 58. The van der Waals surface area contributed by atoms with Crippen molar-refractivity contribution in [1.29, 1.82) is 0 Å². The number of hydrogen-bond donors (Lipinski definition) is 6. The molecular weight excluding hydrogens is 1500 g/mol. The summed E-state index contributed by atoms with van der Waals surface area (Å²) in [4.78, 5) is 23.3. The summed E-state index contributed by atoms with van der Waals surface area (Å²) in [6, 6.07) is -0.740. The molecule has 1 heterocycles. The van der Waals surface area contributed by atoms with Crippen LogP contribution in [0, 0.1) is 41.5 Å². The van der Waals surface area contributed by atoms with Gasteiger partial charge < -0.3 is 72.6 Å². The van der Waals surface area contributed by atoms with Crippen LogP contribution >= 0.6 is 0 Å². The molecule has 0 aromatic carbocycles. The SMILES string of the molecule is [CH2-]C(O)CCCCCC/C=C\C/C=C\CCCCC.[CH2-]C(O)CCCCCC/C=C\C/C=C\CCCCC.[CH2-]C(O)CCCCCC/C=C\C/C=C\CCCCC.[CH2-]C(O)CCCCCC/C=C\C/C=C\CCCCC.[CH2-]CCCC1NC(=O)C(CCC[CH2-])NC1=O.[W].[W]. The van der Waals surface area contributed by atoms with Crippen molar-refractivity contribution in [2.45, 2.75) is 385 Å². The van der Waals surface area contributed by atoms with Gasteiger partial charge in [-0.05, 0) is 141 Å². The number of aliphatic hydroxyl groups excluding tert-OH is 4. The molecular formula is C84H152N2O6W2-6. The van der Waals surface area contributed by atoms with E-state index in [1.54, 1.807) is 0 Å². The Morgan fingerprint density at radius 2 is 0.479 bits per heavy atom. The first-order valence-electron chi connectivity index (χ1n) is 38.2. The minimum atomic E-state index is -0.371. The van der Waals surface area contributed by atoms with Crippen molar-refractivity contribution < 1.29 is 72.1 Å². The Morgan fingerprint density at radius 1 is 0.298 bits per heavy atom. The van der Waals surface area contributed by atoms with Crippen LogP contribution in [0.2, 0.25) is 0 Å². The van der Waals surface area contributed by atoms with Gasteiger partial charge >= 0.3 is 0 Å². The fourth-order valence-corrected chi connectivity index (χ4v) is 9.84. The molecule has 1 saturated heterocycles. The van der Waals surface area contributed by atoms with Gasteiger partial charge in [0.15, 0.2) is 0 Å². The summed E-state index contributed by atoms with van der Waals surface area (Å²) in [6.07, 6.45) is 92.6. The van der Waals surface area contributed by atoms with Crippen molar-refractivity contribution >= 4 is 11.8 Å². The molecule has 6 atom stereocenters. The summed E-state index contributed by atoms with van der Waals surface area (Å²) < 4.78 is 0. The third kappa shape index (κ3) is 96.5. The Bertz CT molecular complexity index is 1480. The molecule has 6 N–H and O–H groups in total. The molecule has 0 saturated carbocycles. The van der Waals surface area contributed by atoms with Crippen LogP contribution < -0.4 is 10.6 Å². The molecule has 552 valence electrons. The Hall–Kier alpha value is -1.92. The predicted octanol–water partition coefficient (Wildman–Crippen LogP) is 23.4. The number of hydrogen-bond acceptors (Lipinski definition) is 6. The van der Waals surface area contributed by atoms with Gasteiger partial charge in [-0.25, -0.2) is 0 Å². The summed E-state index contributed by atoms with van der Waals surface area (Å²) in [5.74, 6) is -0.135. The summed E-state index contributed by atoms with van der Waals surface area (Å²) in [7, 11) is 0. The van der Waals surface area contributed by atoms with Crippen molar-refractivity contribution in [3.05, 3.63) is 139 Å². The van der Waals surface area contributed by atoms with Gasteiger partial charge in [-0.1, -0.05) is 316 Å². The first kappa shape index (κ1) is 103. The number of nitrogens with one attached hydrogen (secondary N) is 2. The van der Waals surface area contributed by atoms with Gasteiger partial charge in [0.05, 0.1) is 0 Å². The fraction of sp³-hybridized carbons (Fsp3) is 0.714. The third-order valence-electron chi connectivity index (χ3n) is 15.7. The summed E-state index contributed by atoms with van der Waals surface area (Å²) >= 11 is 0. The van der Waals surface area contributed by atoms with Crippen LogP contribution in [-0.4, -0.2) is 68.7 Å². The van der Waals surface area contributed by atoms with E-state index in [4.69, 9.17) is 20.4 Å². The topological polar surface area (TPSA) is 139 Å². The van der Waals surface area contributed by atoms with Crippen LogP contribution in [-0.2, 0) is 51.7 Å². The minimum Gasteiger partial charge on any atom is -0.425 e. The molecule has 0 aromatic rings. The molecule has 0 aromatic heterocycles. The van der Waals surface area contributed by atoms with E-state index in [1.807, 2.05) is 0 Å². The Labute approximate surface area is 614 Å². The quantitative estimate of drug-likeness (QED) is 0.0204. The normalized spacial score (nSPS) is 15.3. The molecule has 8 nitrogen and oxygen atoms in total. The number of unbranched alkanes of at least 4 members (excludes halogenated alkanes) is 30. The van der Waals surface area contributed by atoms with Gasteiger partial charge in [-0.15, -0.1) is 0 Å². The van der Waals surface area contributed by atoms with Crippen molar-refractivity contribution in [3.63, 3.8) is 0 Å². The Kier molecular flexibility index (Phi) is 99.9. The standard InChI is InChI=1S/4C18H33O.C12H20N2O2.2W/c4*1-3-4-5-6-7-8-9-10-11-12-13-14-15-16-17-18(2)19;1-3-5-7-9-11(15)14-10(8-6-4-2)12(16)13-9;;/h4*7-8,10-11,18-19H,2-6,9,12-17H2,1H3;9-10H,1-8H2,(H,13,16)(H,14,15);;/q4*-1;-2;;/b4*8-7-,11-10-;;;. The Balaban J connectivity index is -0.000000256. The molecule has 1 fully saturated rings. The van der Waals surface area contributed by atoms with E-state index >= 15 is 0 Å². The number of carbonyl (C=O) groups is 2. The maximum Gasteiger partial charge on any atom is 0.243 e. The van der Waals surface area contributed by atoms with E-state index in [2.05, 4.69) is 177 Å². The predicted molar refractivity (Wildman–Crippen MR) is 407 cm³/mol. The molecule has 1 aliphatic heterocycles. The Morgan fingerprint density at radius 3 is 0.649 bits per heavy atom. The molecule has 6 unspecified atom stereocenters. The molecule has 1 rings (SSSR count). The van der Waals surface area contributed by atoms with Gasteiger partial charge in [0.1, 0.15) is 12.1 Å². The van der Waals surface area contributed by atoms with Crippen LogP contribution in [0.3, 0.4) is 0 Å². The maximum absolute atomic E-state index is 11.7. The zero-order valence-electron chi connectivity index (χ0n) is 61.7. The van der Waals surface area contributed by atoms with Gasteiger partial charge in [-0.2, -0.15) is 12.8 Å². The molecule has 0 bridgehead atoms. The molecule has 0 spiro atoms.